The van der Waals surface area contributed by atoms with Crippen LogP contribution < -0.4 is 5.73 Å². The maximum Gasteiger partial charge on any atom is 0.0793 e. The van der Waals surface area contributed by atoms with Crippen molar-refractivity contribution in [3.63, 3.8) is 0 Å². The molecule has 1 aliphatic carbocycles. The van der Waals surface area contributed by atoms with Crippen molar-refractivity contribution in [1.29, 1.82) is 0 Å². The molecular weight excluding hydrogens is 150 g/mol. The number of rotatable bonds is 0. The van der Waals surface area contributed by atoms with E-state index in [0.717, 1.165) is 30.5 Å². The molecule has 0 amide bonds. The minimum absolute atomic E-state index is 0.294. The first kappa shape index (κ1) is 7.62. The van der Waals surface area contributed by atoms with Crippen LogP contribution in [0, 0.1) is 0 Å². The molecule has 64 valence electrons. The summed E-state index contributed by atoms with van der Waals surface area (Å²) < 4.78 is 0. The van der Waals surface area contributed by atoms with Crippen LogP contribution in [0.4, 0.5) is 5.69 Å². The summed E-state index contributed by atoms with van der Waals surface area (Å²) in [6, 6.07) is 5.81. The fourth-order valence-corrected chi connectivity index (χ4v) is 1.79. The molecule has 0 radical (unpaired) electrons. The van der Waals surface area contributed by atoms with Crippen LogP contribution in [-0.4, -0.2) is 5.11 Å². The van der Waals surface area contributed by atoms with E-state index in [2.05, 4.69) is 0 Å². The van der Waals surface area contributed by atoms with Crippen LogP contribution in [0.25, 0.3) is 0 Å². The zero-order chi connectivity index (χ0) is 8.55. The summed E-state index contributed by atoms with van der Waals surface area (Å²) in [5.74, 6) is 0. The number of hydrogen-bond acceptors (Lipinski definition) is 2. The Hall–Kier alpha value is -1.02. The van der Waals surface area contributed by atoms with Crippen molar-refractivity contribution in [2.24, 2.45) is 0 Å². The molecule has 12 heavy (non-hydrogen) atoms. The number of nitrogen functional groups attached to an aromatic ring is 1. The molecule has 0 fully saturated rings. The van der Waals surface area contributed by atoms with Crippen molar-refractivity contribution < 1.29 is 5.11 Å². The van der Waals surface area contributed by atoms with E-state index in [9.17, 15) is 5.11 Å². The first-order chi connectivity index (χ1) is 5.77. The molecule has 0 heterocycles. The number of aryl methyl sites for hydroxylation is 1. The Morgan fingerprint density at radius 3 is 3.08 bits per heavy atom. The second-order valence-electron chi connectivity index (χ2n) is 3.37. The smallest absolute Gasteiger partial charge is 0.0793 e. The average molecular weight is 163 g/mol. The zero-order valence-corrected chi connectivity index (χ0v) is 6.96. The molecule has 1 aromatic rings. The Balaban J connectivity index is 2.47. The third-order valence-corrected chi connectivity index (χ3v) is 2.45. The highest BCUT2D eigenvalue weighted by Gasteiger charge is 2.17. The number of anilines is 1. The normalized spacial score (nSPS) is 21.9. The minimum Gasteiger partial charge on any atom is -0.399 e. The van der Waals surface area contributed by atoms with Gasteiger partial charge in [0.25, 0.3) is 0 Å². The third-order valence-electron chi connectivity index (χ3n) is 2.45. The molecule has 1 aromatic carbocycles. The van der Waals surface area contributed by atoms with Gasteiger partial charge in [-0.3, -0.25) is 0 Å². The number of aliphatic hydroxyl groups is 1. The lowest BCUT2D eigenvalue weighted by Gasteiger charge is -2.21. The summed E-state index contributed by atoms with van der Waals surface area (Å²) in [6.07, 6.45) is 2.73. The number of hydrogen-bond donors (Lipinski definition) is 2. The topological polar surface area (TPSA) is 46.2 Å². The predicted molar refractivity (Wildman–Crippen MR) is 48.8 cm³/mol. The number of aliphatic hydroxyl groups excluding tert-OH is 1. The number of nitrogens with two attached hydrogens (primary N) is 1. The van der Waals surface area contributed by atoms with Gasteiger partial charge >= 0.3 is 0 Å². The van der Waals surface area contributed by atoms with Gasteiger partial charge in [0.1, 0.15) is 0 Å². The maximum atomic E-state index is 9.63. The highest BCUT2D eigenvalue weighted by Crippen LogP contribution is 2.30. The second kappa shape index (κ2) is 2.79. The molecule has 2 heteroatoms. The van der Waals surface area contributed by atoms with Crippen molar-refractivity contribution in [2.45, 2.75) is 25.4 Å². The van der Waals surface area contributed by atoms with Gasteiger partial charge in [-0.1, -0.05) is 6.07 Å². The fraction of sp³-hybridized carbons (Fsp3) is 0.400. The van der Waals surface area contributed by atoms with Crippen molar-refractivity contribution >= 4 is 5.69 Å². The van der Waals surface area contributed by atoms with E-state index >= 15 is 0 Å². The minimum atomic E-state index is -0.294. The molecule has 0 spiro atoms. The average Bonchev–Trinajstić information content (AvgIpc) is 2.07. The molecule has 0 aliphatic heterocycles. The van der Waals surface area contributed by atoms with Crippen LogP contribution >= 0.6 is 0 Å². The number of benzene rings is 1. The Kier molecular flexibility index (Phi) is 1.77. The van der Waals surface area contributed by atoms with Crippen LogP contribution in [0.1, 0.15) is 30.1 Å². The third kappa shape index (κ3) is 1.18. The van der Waals surface area contributed by atoms with E-state index in [1.807, 2.05) is 18.2 Å². The Bertz CT molecular complexity index is 296. The van der Waals surface area contributed by atoms with Gasteiger partial charge in [-0.25, -0.2) is 0 Å². The molecule has 0 aromatic heterocycles. The maximum absolute atomic E-state index is 9.63. The van der Waals surface area contributed by atoms with Gasteiger partial charge in [0, 0.05) is 5.69 Å². The summed E-state index contributed by atoms with van der Waals surface area (Å²) >= 11 is 0. The Morgan fingerprint density at radius 1 is 1.42 bits per heavy atom. The lowest BCUT2D eigenvalue weighted by molar-refractivity contribution is 0.156. The van der Waals surface area contributed by atoms with E-state index in [4.69, 9.17) is 5.73 Å². The second-order valence-corrected chi connectivity index (χ2v) is 3.37. The monoisotopic (exact) mass is 163 g/mol. The van der Waals surface area contributed by atoms with E-state index in [1.54, 1.807) is 0 Å². The molecule has 0 saturated carbocycles. The summed E-state index contributed by atoms with van der Waals surface area (Å²) in [5.41, 5.74) is 8.66. The van der Waals surface area contributed by atoms with E-state index in [0.29, 0.717) is 0 Å². The van der Waals surface area contributed by atoms with Crippen molar-refractivity contribution in [3.8, 4) is 0 Å². The van der Waals surface area contributed by atoms with E-state index in [-0.39, 0.29) is 6.10 Å². The summed E-state index contributed by atoms with van der Waals surface area (Å²) in [4.78, 5) is 0. The van der Waals surface area contributed by atoms with Crippen LogP contribution in [0.15, 0.2) is 18.2 Å². The van der Waals surface area contributed by atoms with Crippen molar-refractivity contribution in [2.75, 3.05) is 5.73 Å². The highest BCUT2D eigenvalue weighted by molar-refractivity contribution is 5.46. The van der Waals surface area contributed by atoms with E-state index in [1.165, 1.54) is 5.56 Å². The van der Waals surface area contributed by atoms with Gasteiger partial charge in [0.05, 0.1) is 6.10 Å². The Labute approximate surface area is 72.0 Å². The lowest BCUT2D eigenvalue weighted by atomic mass is 9.89. The van der Waals surface area contributed by atoms with Gasteiger partial charge in [0.2, 0.25) is 0 Å². The number of fused-ring (bicyclic) bond motifs is 1. The van der Waals surface area contributed by atoms with Crippen molar-refractivity contribution in [1.82, 2.24) is 0 Å². The van der Waals surface area contributed by atoms with Gasteiger partial charge in [0.15, 0.2) is 0 Å². The summed E-state index contributed by atoms with van der Waals surface area (Å²) in [6.45, 7) is 0. The first-order valence-electron chi connectivity index (χ1n) is 4.34. The van der Waals surface area contributed by atoms with Crippen LogP contribution in [0.3, 0.4) is 0 Å². The summed E-state index contributed by atoms with van der Waals surface area (Å²) in [7, 11) is 0. The molecule has 2 nitrogen and oxygen atoms in total. The molecule has 1 aliphatic rings. The van der Waals surface area contributed by atoms with Gasteiger partial charge in [-0.05, 0) is 42.5 Å². The lowest BCUT2D eigenvalue weighted by Crippen LogP contribution is -2.09. The highest BCUT2D eigenvalue weighted by atomic mass is 16.3. The van der Waals surface area contributed by atoms with Crippen LogP contribution in [0.2, 0.25) is 0 Å². The van der Waals surface area contributed by atoms with Gasteiger partial charge in [-0.15, -0.1) is 0 Å². The molecule has 0 unspecified atom stereocenters. The van der Waals surface area contributed by atoms with Crippen LogP contribution in [-0.2, 0) is 6.42 Å². The van der Waals surface area contributed by atoms with Gasteiger partial charge in [-0.2, -0.15) is 0 Å². The standard InChI is InChI=1S/C10H13NO/c11-8-5-4-7-2-1-3-10(12)9(7)6-8/h4-6,10,12H,1-3,11H2/t10-/m1/s1. The zero-order valence-electron chi connectivity index (χ0n) is 6.96. The van der Waals surface area contributed by atoms with Crippen LogP contribution in [0.5, 0.6) is 0 Å². The summed E-state index contributed by atoms with van der Waals surface area (Å²) in [5, 5.41) is 9.63. The fourth-order valence-electron chi connectivity index (χ4n) is 1.79. The molecular formula is C10H13NO. The molecule has 0 saturated heterocycles. The Morgan fingerprint density at radius 2 is 2.25 bits per heavy atom. The SMILES string of the molecule is Nc1ccc2c(c1)[C@H](O)CCC2. The molecule has 3 N–H and O–H groups in total. The predicted octanol–water partition coefficient (Wildman–Crippen LogP) is 1.64. The molecule has 0 bridgehead atoms. The molecule has 1 atom stereocenters. The van der Waals surface area contributed by atoms with Crippen molar-refractivity contribution in [3.05, 3.63) is 29.3 Å². The van der Waals surface area contributed by atoms with Gasteiger partial charge < -0.3 is 10.8 Å². The van der Waals surface area contributed by atoms with E-state index < -0.39 is 0 Å². The largest absolute Gasteiger partial charge is 0.399 e. The quantitative estimate of drug-likeness (QED) is 0.571. The molecule has 2 rings (SSSR count). The first-order valence-corrected chi connectivity index (χ1v) is 4.34.